The summed E-state index contributed by atoms with van der Waals surface area (Å²) in [7, 11) is 1.34. The number of methoxy groups -OCH3 is 1. The fraction of sp³-hybridized carbons (Fsp3) is 0.650. The van der Waals surface area contributed by atoms with Crippen molar-refractivity contribution < 1.29 is 27.9 Å². The zero-order valence-corrected chi connectivity index (χ0v) is 17.0. The van der Waals surface area contributed by atoms with E-state index in [0.717, 1.165) is 18.4 Å². The van der Waals surface area contributed by atoms with E-state index in [1.165, 1.54) is 7.11 Å². The third kappa shape index (κ3) is 5.33. The fourth-order valence-corrected chi connectivity index (χ4v) is 3.95. The van der Waals surface area contributed by atoms with Crippen molar-refractivity contribution in [3.05, 3.63) is 28.5 Å². The number of benzene rings is 1. The average Bonchev–Trinajstić information content (AvgIpc) is 2.60. The SMILES string of the molecule is COc1cc(CCNC(=O)C(F)(F)F)c(C2CC[C@H]2[C@@H](C)C(C)C)cc1N([O-])O. The molecule has 1 fully saturated rings. The second-order valence-electron chi connectivity index (χ2n) is 7.95. The molecule has 1 unspecified atom stereocenters. The number of carbonyl (C=O) groups excluding carboxylic acids is 1. The molecule has 1 aliphatic rings. The molecule has 0 spiro atoms. The van der Waals surface area contributed by atoms with Crippen molar-refractivity contribution in [2.75, 3.05) is 18.9 Å². The Labute approximate surface area is 168 Å². The lowest BCUT2D eigenvalue weighted by molar-refractivity contribution is -0.173. The first kappa shape index (κ1) is 23.3. The van der Waals surface area contributed by atoms with Crippen LogP contribution in [0.5, 0.6) is 5.75 Å². The molecule has 1 amide bonds. The van der Waals surface area contributed by atoms with Gasteiger partial charge < -0.3 is 20.5 Å². The molecule has 2 rings (SSSR count). The van der Waals surface area contributed by atoms with Crippen LogP contribution in [0.2, 0.25) is 0 Å². The van der Waals surface area contributed by atoms with E-state index in [1.807, 2.05) is 5.32 Å². The van der Waals surface area contributed by atoms with E-state index in [2.05, 4.69) is 20.8 Å². The summed E-state index contributed by atoms with van der Waals surface area (Å²) >= 11 is 0. The lowest BCUT2D eigenvalue weighted by Crippen LogP contribution is -2.38. The number of nitrogens with zero attached hydrogens (tertiary/aromatic N) is 1. The molecule has 0 radical (unpaired) electrons. The van der Waals surface area contributed by atoms with Gasteiger partial charge in [-0.1, -0.05) is 20.8 Å². The summed E-state index contributed by atoms with van der Waals surface area (Å²) < 4.78 is 42.4. The number of nitrogens with one attached hydrogen (secondary N) is 1. The molecule has 0 aromatic heterocycles. The highest BCUT2D eigenvalue weighted by Gasteiger charge is 2.39. The molecule has 0 heterocycles. The third-order valence-corrected chi connectivity index (χ3v) is 6.04. The molecule has 1 aliphatic carbocycles. The number of alkyl halides is 3. The maximum Gasteiger partial charge on any atom is 0.471 e. The minimum Gasteiger partial charge on any atom is -0.733 e. The van der Waals surface area contributed by atoms with E-state index in [4.69, 9.17) is 4.74 Å². The molecule has 6 nitrogen and oxygen atoms in total. The van der Waals surface area contributed by atoms with Gasteiger partial charge in [0.15, 0.2) is 0 Å². The minimum absolute atomic E-state index is 0.0478. The summed E-state index contributed by atoms with van der Waals surface area (Å²) in [6.45, 7) is 6.24. The highest BCUT2D eigenvalue weighted by atomic mass is 19.4. The Hall–Kier alpha value is -2.00. The van der Waals surface area contributed by atoms with E-state index in [1.54, 1.807) is 12.1 Å². The van der Waals surface area contributed by atoms with E-state index in [0.29, 0.717) is 23.3 Å². The summed E-state index contributed by atoms with van der Waals surface area (Å²) in [5, 5.41) is 22.6. The van der Waals surface area contributed by atoms with Gasteiger partial charge in [0.1, 0.15) is 5.75 Å². The molecular weight excluding hydrogens is 389 g/mol. The maximum absolute atomic E-state index is 12.4. The molecule has 3 atom stereocenters. The number of ether oxygens (including phenoxy) is 1. The predicted molar refractivity (Wildman–Crippen MR) is 103 cm³/mol. The van der Waals surface area contributed by atoms with Crippen LogP contribution in [-0.4, -0.2) is 30.9 Å². The molecule has 164 valence electrons. The van der Waals surface area contributed by atoms with Gasteiger partial charge in [0, 0.05) is 6.54 Å². The van der Waals surface area contributed by atoms with Crippen molar-refractivity contribution >= 4 is 11.6 Å². The van der Waals surface area contributed by atoms with E-state index in [9.17, 15) is 28.4 Å². The second kappa shape index (κ2) is 9.21. The highest BCUT2D eigenvalue weighted by molar-refractivity contribution is 5.81. The number of carbonyl (C=O) groups is 1. The third-order valence-electron chi connectivity index (χ3n) is 6.04. The van der Waals surface area contributed by atoms with Crippen LogP contribution in [0.15, 0.2) is 12.1 Å². The van der Waals surface area contributed by atoms with E-state index < -0.39 is 12.1 Å². The van der Waals surface area contributed by atoms with Gasteiger partial charge in [-0.25, -0.2) is 0 Å². The summed E-state index contributed by atoms with van der Waals surface area (Å²) in [5.74, 6) is -0.475. The van der Waals surface area contributed by atoms with Gasteiger partial charge >= 0.3 is 12.1 Å². The molecule has 0 saturated heterocycles. The Morgan fingerprint density at radius 1 is 1.34 bits per heavy atom. The van der Waals surface area contributed by atoms with Crippen LogP contribution in [0.4, 0.5) is 18.9 Å². The van der Waals surface area contributed by atoms with Gasteiger partial charge in [-0.2, -0.15) is 13.2 Å². The van der Waals surface area contributed by atoms with Gasteiger partial charge in [-0.3, -0.25) is 10.0 Å². The van der Waals surface area contributed by atoms with Crippen LogP contribution in [0, 0.1) is 23.0 Å². The van der Waals surface area contributed by atoms with Gasteiger partial charge in [0.2, 0.25) is 0 Å². The van der Waals surface area contributed by atoms with Crippen molar-refractivity contribution in [2.24, 2.45) is 17.8 Å². The van der Waals surface area contributed by atoms with Gasteiger partial charge in [0.05, 0.1) is 12.8 Å². The zero-order valence-electron chi connectivity index (χ0n) is 17.0. The zero-order chi connectivity index (χ0) is 21.9. The number of hydrogen-bond donors (Lipinski definition) is 2. The van der Waals surface area contributed by atoms with Crippen molar-refractivity contribution in [1.82, 2.24) is 5.32 Å². The molecule has 9 heteroatoms. The largest absolute Gasteiger partial charge is 0.733 e. The van der Waals surface area contributed by atoms with Gasteiger partial charge in [-0.05, 0) is 66.2 Å². The number of anilines is 1. The number of amides is 1. The number of hydrogen-bond acceptors (Lipinski definition) is 5. The average molecular weight is 417 g/mol. The molecule has 1 saturated carbocycles. The van der Waals surface area contributed by atoms with Crippen molar-refractivity contribution in [2.45, 2.75) is 52.1 Å². The standard InChI is InChI=1S/C20H28F3N2O4/c1-11(2)12(3)14-5-6-15(14)16-10-17(25(27)28)18(29-4)9-13(16)7-8-24-19(26)20(21,22)23/h9-12,14-15,27H,5-8H2,1-4H3,(H,24,26)/q-1/t12-,14-,15?/m0/s1. The lowest BCUT2D eigenvalue weighted by Gasteiger charge is -2.44. The Kier molecular flexibility index (Phi) is 7.40. The Morgan fingerprint density at radius 3 is 2.45 bits per heavy atom. The molecular formula is C20H28F3N2O4-. The number of rotatable bonds is 8. The molecule has 29 heavy (non-hydrogen) atoms. The van der Waals surface area contributed by atoms with Crippen LogP contribution >= 0.6 is 0 Å². The second-order valence-corrected chi connectivity index (χ2v) is 7.95. The summed E-state index contributed by atoms with van der Waals surface area (Å²) in [5.41, 5.74) is 1.45. The van der Waals surface area contributed by atoms with Gasteiger partial charge in [-0.15, -0.1) is 0 Å². The maximum atomic E-state index is 12.4. The van der Waals surface area contributed by atoms with Gasteiger partial charge in [0.25, 0.3) is 0 Å². The summed E-state index contributed by atoms with van der Waals surface area (Å²) in [6, 6.07) is 3.11. The molecule has 1 aromatic rings. The topological polar surface area (TPSA) is 84.9 Å². The Balaban J connectivity index is 2.32. The monoisotopic (exact) mass is 417 g/mol. The smallest absolute Gasteiger partial charge is 0.471 e. The molecule has 0 aliphatic heterocycles. The van der Waals surface area contributed by atoms with Crippen molar-refractivity contribution in [3.63, 3.8) is 0 Å². The van der Waals surface area contributed by atoms with E-state index in [-0.39, 0.29) is 35.5 Å². The number of halogens is 3. The molecule has 1 aromatic carbocycles. The molecule has 0 bridgehead atoms. The van der Waals surface area contributed by atoms with Crippen molar-refractivity contribution in [1.29, 1.82) is 0 Å². The van der Waals surface area contributed by atoms with Crippen LogP contribution < -0.4 is 15.3 Å². The Morgan fingerprint density at radius 2 is 2.00 bits per heavy atom. The van der Waals surface area contributed by atoms with Crippen molar-refractivity contribution in [3.8, 4) is 5.75 Å². The van der Waals surface area contributed by atoms with Crippen LogP contribution in [0.3, 0.4) is 0 Å². The van der Waals surface area contributed by atoms with Crippen LogP contribution in [0.1, 0.15) is 50.7 Å². The lowest BCUT2D eigenvalue weighted by atomic mass is 9.61. The Bertz CT molecular complexity index is 722. The first-order valence-electron chi connectivity index (χ1n) is 9.69. The van der Waals surface area contributed by atoms with Crippen LogP contribution in [0.25, 0.3) is 0 Å². The first-order valence-corrected chi connectivity index (χ1v) is 9.69. The fourth-order valence-electron chi connectivity index (χ4n) is 3.95. The quantitative estimate of drug-likeness (QED) is 0.613. The highest BCUT2D eigenvalue weighted by Crippen LogP contribution is 2.50. The minimum atomic E-state index is -4.93. The predicted octanol–water partition coefficient (Wildman–Crippen LogP) is 4.40. The summed E-state index contributed by atoms with van der Waals surface area (Å²) in [6.07, 6.45) is -2.87. The van der Waals surface area contributed by atoms with Crippen LogP contribution in [-0.2, 0) is 11.2 Å². The molecule has 2 N–H and O–H groups in total. The normalized spacial score (nSPS) is 20.2. The first-order chi connectivity index (χ1) is 13.5. The summed E-state index contributed by atoms with van der Waals surface area (Å²) in [4.78, 5) is 11.1. The van der Waals surface area contributed by atoms with E-state index >= 15 is 0 Å².